The standard InChI is InChI=1S/C20H26N2O4S/c1-11(2)5-16(20(25)26)21-9-15(19(23)24)17-10-27-18(22-17)14-7-12(3)6-13(4)8-14/h6-8,10-11,15-16,21H,5,9H2,1-4H3,(H,23,24)(H,25,26). The molecule has 0 saturated heterocycles. The smallest absolute Gasteiger partial charge is 0.320 e. The molecular formula is C20H26N2O4S. The first-order chi connectivity index (χ1) is 12.7. The predicted molar refractivity (Wildman–Crippen MR) is 106 cm³/mol. The maximum Gasteiger partial charge on any atom is 0.320 e. The summed E-state index contributed by atoms with van der Waals surface area (Å²) in [4.78, 5) is 27.6. The number of carboxylic acids is 2. The third-order valence-electron chi connectivity index (χ3n) is 4.22. The second-order valence-corrected chi connectivity index (χ2v) is 8.13. The van der Waals surface area contributed by atoms with Gasteiger partial charge in [0.15, 0.2) is 0 Å². The summed E-state index contributed by atoms with van der Waals surface area (Å²) in [7, 11) is 0. The first kappa shape index (κ1) is 21.1. The molecule has 2 rings (SSSR count). The van der Waals surface area contributed by atoms with Crippen molar-refractivity contribution in [1.82, 2.24) is 10.3 Å². The van der Waals surface area contributed by atoms with E-state index in [9.17, 15) is 19.8 Å². The molecule has 0 aliphatic carbocycles. The minimum absolute atomic E-state index is 0.0229. The number of benzene rings is 1. The van der Waals surface area contributed by atoms with Crippen LogP contribution >= 0.6 is 11.3 Å². The molecule has 0 spiro atoms. The van der Waals surface area contributed by atoms with E-state index in [2.05, 4.69) is 16.4 Å². The molecule has 146 valence electrons. The number of nitrogens with zero attached hydrogens (tertiary/aromatic N) is 1. The number of carboxylic acid groups (broad SMARTS) is 2. The van der Waals surface area contributed by atoms with E-state index < -0.39 is 23.9 Å². The van der Waals surface area contributed by atoms with Crippen LogP contribution < -0.4 is 5.32 Å². The Kier molecular flexibility index (Phi) is 7.10. The van der Waals surface area contributed by atoms with Gasteiger partial charge in [-0.2, -0.15) is 0 Å². The molecule has 0 amide bonds. The van der Waals surface area contributed by atoms with Crippen molar-refractivity contribution in [3.8, 4) is 10.6 Å². The molecule has 2 unspecified atom stereocenters. The van der Waals surface area contributed by atoms with Gasteiger partial charge in [0, 0.05) is 17.5 Å². The van der Waals surface area contributed by atoms with Crippen molar-refractivity contribution in [2.24, 2.45) is 5.92 Å². The second kappa shape index (κ2) is 9.10. The highest BCUT2D eigenvalue weighted by Crippen LogP contribution is 2.28. The summed E-state index contributed by atoms with van der Waals surface area (Å²) in [6.07, 6.45) is 0.437. The number of thiazole rings is 1. The Bertz CT molecular complexity index is 796. The summed E-state index contributed by atoms with van der Waals surface area (Å²) in [6.45, 7) is 7.91. The molecule has 3 N–H and O–H groups in total. The summed E-state index contributed by atoms with van der Waals surface area (Å²) in [6, 6.07) is 5.34. The lowest BCUT2D eigenvalue weighted by atomic mass is 10.0. The van der Waals surface area contributed by atoms with Crippen LogP contribution in [0, 0.1) is 19.8 Å². The Hall–Kier alpha value is -2.25. The average molecular weight is 391 g/mol. The van der Waals surface area contributed by atoms with Crippen LogP contribution in [-0.4, -0.2) is 39.7 Å². The molecule has 2 atom stereocenters. The molecule has 0 radical (unpaired) electrons. The third-order valence-corrected chi connectivity index (χ3v) is 5.13. The second-order valence-electron chi connectivity index (χ2n) is 7.27. The lowest BCUT2D eigenvalue weighted by Gasteiger charge is -2.18. The summed E-state index contributed by atoms with van der Waals surface area (Å²) < 4.78 is 0. The fraction of sp³-hybridized carbons (Fsp3) is 0.450. The van der Waals surface area contributed by atoms with Gasteiger partial charge < -0.3 is 15.5 Å². The summed E-state index contributed by atoms with van der Waals surface area (Å²) >= 11 is 1.40. The van der Waals surface area contributed by atoms with Crippen LogP contribution in [0.5, 0.6) is 0 Å². The molecule has 27 heavy (non-hydrogen) atoms. The molecule has 1 heterocycles. The number of hydrogen-bond acceptors (Lipinski definition) is 5. The van der Waals surface area contributed by atoms with E-state index in [0.717, 1.165) is 21.7 Å². The lowest BCUT2D eigenvalue weighted by molar-refractivity contribution is -0.142. The monoisotopic (exact) mass is 390 g/mol. The Morgan fingerprint density at radius 1 is 1.11 bits per heavy atom. The minimum atomic E-state index is -1.02. The van der Waals surface area contributed by atoms with Crippen LogP contribution in [0.4, 0.5) is 0 Å². The molecule has 1 aromatic heterocycles. The van der Waals surface area contributed by atoms with Crippen molar-refractivity contribution >= 4 is 23.3 Å². The highest BCUT2D eigenvalue weighted by Gasteiger charge is 2.26. The molecule has 1 aromatic carbocycles. The quantitative estimate of drug-likeness (QED) is 0.604. The van der Waals surface area contributed by atoms with Crippen molar-refractivity contribution in [2.75, 3.05) is 6.54 Å². The number of aryl methyl sites for hydroxylation is 2. The van der Waals surface area contributed by atoms with Crippen molar-refractivity contribution in [3.63, 3.8) is 0 Å². The van der Waals surface area contributed by atoms with Gasteiger partial charge in [0.1, 0.15) is 17.0 Å². The molecule has 6 nitrogen and oxygen atoms in total. The Morgan fingerprint density at radius 2 is 1.74 bits per heavy atom. The van der Waals surface area contributed by atoms with E-state index in [1.54, 1.807) is 5.38 Å². The van der Waals surface area contributed by atoms with E-state index in [1.807, 2.05) is 39.8 Å². The van der Waals surface area contributed by atoms with Crippen molar-refractivity contribution < 1.29 is 19.8 Å². The topological polar surface area (TPSA) is 99.5 Å². The zero-order valence-electron chi connectivity index (χ0n) is 16.0. The highest BCUT2D eigenvalue weighted by atomic mass is 32.1. The van der Waals surface area contributed by atoms with Crippen LogP contribution in [-0.2, 0) is 9.59 Å². The Morgan fingerprint density at radius 3 is 2.26 bits per heavy atom. The van der Waals surface area contributed by atoms with Crippen LogP contribution in [0.1, 0.15) is 43.0 Å². The Labute approximate surface area is 163 Å². The van der Waals surface area contributed by atoms with E-state index in [4.69, 9.17) is 0 Å². The van der Waals surface area contributed by atoms with Gasteiger partial charge in [-0.1, -0.05) is 31.0 Å². The molecular weight excluding hydrogens is 364 g/mol. The number of rotatable bonds is 9. The molecule has 0 aliphatic heterocycles. The van der Waals surface area contributed by atoms with Crippen molar-refractivity contribution in [2.45, 2.75) is 46.1 Å². The zero-order valence-corrected chi connectivity index (χ0v) is 16.8. The molecule has 0 aliphatic rings. The van der Waals surface area contributed by atoms with Gasteiger partial charge >= 0.3 is 11.9 Å². The minimum Gasteiger partial charge on any atom is -0.481 e. The van der Waals surface area contributed by atoms with Gasteiger partial charge in [-0.05, 0) is 38.3 Å². The van der Waals surface area contributed by atoms with Crippen LogP contribution in [0.3, 0.4) is 0 Å². The van der Waals surface area contributed by atoms with Crippen molar-refractivity contribution in [3.05, 3.63) is 40.4 Å². The maximum absolute atomic E-state index is 11.7. The van der Waals surface area contributed by atoms with Gasteiger partial charge in [-0.15, -0.1) is 11.3 Å². The van der Waals surface area contributed by atoms with Gasteiger partial charge in [-0.25, -0.2) is 4.98 Å². The lowest BCUT2D eigenvalue weighted by Crippen LogP contribution is -2.41. The fourth-order valence-electron chi connectivity index (χ4n) is 3.00. The normalized spacial score (nSPS) is 13.5. The van der Waals surface area contributed by atoms with E-state index in [-0.39, 0.29) is 12.5 Å². The van der Waals surface area contributed by atoms with Gasteiger partial charge in [0.25, 0.3) is 0 Å². The van der Waals surface area contributed by atoms with Crippen LogP contribution in [0.25, 0.3) is 10.6 Å². The molecule has 0 saturated carbocycles. The Balaban J connectivity index is 2.19. The third kappa shape index (κ3) is 5.87. The summed E-state index contributed by atoms with van der Waals surface area (Å²) in [5, 5.41) is 24.3. The van der Waals surface area contributed by atoms with Gasteiger partial charge in [0.2, 0.25) is 0 Å². The number of hydrogen-bond donors (Lipinski definition) is 3. The largest absolute Gasteiger partial charge is 0.481 e. The first-order valence-corrected chi connectivity index (χ1v) is 9.78. The fourth-order valence-corrected chi connectivity index (χ4v) is 3.86. The average Bonchev–Trinajstić information content (AvgIpc) is 3.02. The zero-order chi connectivity index (χ0) is 20.1. The van der Waals surface area contributed by atoms with Crippen molar-refractivity contribution in [1.29, 1.82) is 0 Å². The maximum atomic E-state index is 11.7. The molecule has 2 aromatic rings. The van der Waals surface area contributed by atoms with E-state index in [0.29, 0.717) is 12.1 Å². The molecule has 0 bridgehead atoms. The summed E-state index contributed by atoms with van der Waals surface area (Å²) in [5.74, 6) is -2.69. The molecule has 0 fully saturated rings. The number of aliphatic carboxylic acids is 2. The highest BCUT2D eigenvalue weighted by molar-refractivity contribution is 7.13. The number of nitrogens with one attached hydrogen (secondary N) is 1. The van der Waals surface area contributed by atoms with E-state index in [1.165, 1.54) is 11.3 Å². The van der Waals surface area contributed by atoms with Gasteiger partial charge in [0.05, 0.1) is 5.69 Å². The molecule has 7 heteroatoms. The number of aromatic nitrogens is 1. The van der Waals surface area contributed by atoms with Gasteiger partial charge in [-0.3, -0.25) is 9.59 Å². The number of carbonyl (C=O) groups is 2. The first-order valence-electron chi connectivity index (χ1n) is 8.90. The predicted octanol–water partition coefficient (Wildman–Crippen LogP) is 3.68. The van der Waals surface area contributed by atoms with Crippen LogP contribution in [0.15, 0.2) is 23.6 Å². The summed E-state index contributed by atoms with van der Waals surface area (Å²) in [5.41, 5.74) is 3.65. The van der Waals surface area contributed by atoms with E-state index >= 15 is 0 Å². The SMILES string of the molecule is Cc1cc(C)cc(-c2nc(C(CNC(CC(C)C)C(=O)O)C(=O)O)cs2)c1. The van der Waals surface area contributed by atoms with Crippen LogP contribution in [0.2, 0.25) is 0 Å².